The van der Waals surface area contributed by atoms with Gasteiger partial charge in [0, 0.05) is 18.1 Å². The minimum atomic E-state index is -4.12. The van der Waals surface area contributed by atoms with Gasteiger partial charge in [-0.3, -0.25) is 13.9 Å². The van der Waals surface area contributed by atoms with E-state index in [1.165, 1.54) is 24.1 Å². The highest BCUT2D eigenvalue weighted by molar-refractivity contribution is 7.92. The summed E-state index contributed by atoms with van der Waals surface area (Å²) in [6, 6.07) is 20.4. The molecule has 8 nitrogen and oxygen atoms in total. The molecule has 0 saturated carbocycles. The zero-order valence-electron chi connectivity index (χ0n) is 20.9. The van der Waals surface area contributed by atoms with Crippen LogP contribution in [0.25, 0.3) is 0 Å². The van der Waals surface area contributed by atoms with Crippen LogP contribution in [0.3, 0.4) is 0 Å². The molecule has 10 heteroatoms. The van der Waals surface area contributed by atoms with Gasteiger partial charge in [-0.25, -0.2) is 8.42 Å². The van der Waals surface area contributed by atoms with Crippen LogP contribution in [0.15, 0.2) is 83.8 Å². The predicted molar refractivity (Wildman–Crippen MR) is 144 cm³/mol. The average Bonchev–Trinajstić information content (AvgIpc) is 2.91. The molecule has 3 rings (SSSR count). The van der Waals surface area contributed by atoms with E-state index in [1.54, 1.807) is 80.6 Å². The number of anilines is 1. The number of halogens is 1. The minimum absolute atomic E-state index is 0.0264. The number of carbonyl (C=O) groups is 2. The van der Waals surface area contributed by atoms with Gasteiger partial charge in [-0.15, -0.1) is 0 Å². The Morgan fingerprint density at radius 3 is 2.19 bits per heavy atom. The maximum absolute atomic E-state index is 13.8. The number of benzene rings is 3. The molecule has 0 radical (unpaired) electrons. The molecule has 0 aliphatic rings. The summed E-state index contributed by atoms with van der Waals surface area (Å²) in [4.78, 5) is 27.9. The van der Waals surface area contributed by atoms with E-state index in [1.807, 2.05) is 0 Å². The Kier molecular flexibility index (Phi) is 9.54. The van der Waals surface area contributed by atoms with Crippen LogP contribution in [-0.4, -0.2) is 51.4 Å². The summed E-state index contributed by atoms with van der Waals surface area (Å²) in [7, 11) is -2.61. The summed E-state index contributed by atoms with van der Waals surface area (Å²) in [5.41, 5.74) is 0.914. The molecular formula is C27H30ClN3O5S. The molecule has 3 aromatic carbocycles. The summed E-state index contributed by atoms with van der Waals surface area (Å²) < 4.78 is 33.6. The van der Waals surface area contributed by atoms with Crippen LogP contribution in [0.1, 0.15) is 19.4 Å². The summed E-state index contributed by atoms with van der Waals surface area (Å²) >= 11 is 6.34. The Balaban J connectivity index is 2.03. The molecule has 1 N–H and O–H groups in total. The Bertz CT molecular complexity index is 1320. The fourth-order valence-electron chi connectivity index (χ4n) is 3.71. The highest BCUT2D eigenvalue weighted by Gasteiger charge is 2.32. The van der Waals surface area contributed by atoms with Crippen molar-refractivity contribution in [2.45, 2.75) is 31.3 Å². The maximum atomic E-state index is 13.8. The molecule has 0 saturated heterocycles. The van der Waals surface area contributed by atoms with Gasteiger partial charge in [0.2, 0.25) is 11.8 Å². The van der Waals surface area contributed by atoms with Crippen LogP contribution in [0.2, 0.25) is 5.02 Å². The van der Waals surface area contributed by atoms with Gasteiger partial charge in [0.1, 0.15) is 18.3 Å². The normalized spacial score (nSPS) is 11.9. The van der Waals surface area contributed by atoms with Gasteiger partial charge >= 0.3 is 0 Å². The van der Waals surface area contributed by atoms with Gasteiger partial charge in [-0.05, 0) is 61.9 Å². The standard InChI is InChI=1S/C27H30ClN3O5S/c1-4-29-27(33)20(2)30(18-21-10-8-9-13-25(21)28)26(32)19-31(22-14-16-23(36-3)17-15-22)37(34,35)24-11-6-5-7-12-24/h5-17,20H,4,18-19H2,1-3H3,(H,29,33)/t20-/m1/s1. The lowest BCUT2D eigenvalue weighted by Crippen LogP contribution is -2.51. The van der Waals surface area contributed by atoms with E-state index in [0.29, 0.717) is 22.9 Å². The van der Waals surface area contributed by atoms with E-state index in [2.05, 4.69) is 5.32 Å². The lowest BCUT2D eigenvalue weighted by atomic mass is 10.1. The number of hydrogen-bond acceptors (Lipinski definition) is 5. The molecule has 0 bridgehead atoms. The SMILES string of the molecule is CCNC(=O)[C@@H](C)N(Cc1ccccc1Cl)C(=O)CN(c1ccc(OC)cc1)S(=O)(=O)c1ccccc1. The molecule has 0 fully saturated rings. The van der Waals surface area contributed by atoms with Crippen molar-refractivity contribution in [3.05, 3.63) is 89.4 Å². The number of ether oxygens (including phenoxy) is 1. The Morgan fingerprint density at radius 2 is 1.59 bits per heavy atom. The molecule has 0 heterocycles. The third kappa shape index (κ3) is 6.81. The molecule has 0 aliphatic heterocycles. The van der Waals surface area contributed by atoms with Crippen LogP contribution in [0.5, 0.6) is 5.75 Å². The number of hydrogen-bond donors (Lipinski definition) is 1. The molecular weight excluding hydrogens is 514 g/mol. The average molecular weight is 544 g/mol. The molecule has 2 amide bonds. The number of likely N-dealkylation sites (N-methyl/N-ethyl adjacent to an activating group) is 1. The van der Waals surface area contributed by atoms with Crippen molar-refractivity contribution in [1.29, 1.82) is 0 Å². The number of amides is 2. The van der Waals surface area contributed by atoms with Crippen LogP contribution in [-0.2, 0) is 26.2 Å². The minimum Gasteiger partial charge on any atom is -0.497 e. The Morgan fingerprint density at radius 1 is 0.973 bits per heavy atom. The predicted octanol–water partition coefficient (Wildman–Crippen LogP) is 4.10. The Hall–Kier alpha value is -3.56. The third-order valence-corrected chi connectivity index (χ3v) is 7.94. The van der Waals surface area contributed by atoms with Crippen molar-refractivity contribution in [2.24, 2.45) is 0 Å². The second kappa shape index (κ2) is 12.6. The van der Waals surface area contributed by atoms with Gasteiger partial charge in [0.25, 0.3) is 10.0 Å². The molecule has 0 aliphatic carbocycles. The van der Waals surface area contributed by atoms with E-state index < -0.39 is 28.5 Å². The maximum Gasteiger partial charge on any atom is 0.264 e. The zero-order chi connectivity index (χ0) is 27.0. The van der Waals surface area contributed by atoms with Crippen LogP contribution in [0, 0.1) is 0 Å². The topological polar surface area (TPSA) is 96.0 Å². The quantitative estimate of drug-likeness (QED) is 0.393. The van der Waals surface area contributed by atoms with E-state index in [-0.39, 0.29) is 23.0 Å². The van der Waals surface area contributed by atoms with Crippen molar-refractivity contribution in [2.75, 3.05) is 24.5 Å². The fraction of sp³-hybridized carbons (Fsp3) is 0.259. The molecule has 0 aromatic heterocycles. The van der Waals surface area contributed by atoms with Crippen LogP contribution >= 0.6 is 11.6 Å². The first-order valence-corrected chi connectivity index (χ1v) is 13.5. The van der Waals surface area contributed by atoms with Gasteiger partial charge in [0.15, 0.2) is 0 Å². The van der Waals surface area contributed by atoms with Gasteiger partial charge < -0.3 is 15.0 Å². The van der Waals surface area contributed by atoms with Crippen molar-refractivity contribution in [3.8, 4) is 5.75 Å². The number of sulfonamides is 1. The Labute approximate surface area is 222 Å². The van der Waals surface area contributed by atoms with Gasteiger partial charge in [-0.1, -0.05) is 48.0 Å². The number of nitrogens with zero attached hydrogens (tertiary/aromatic N) is 2. The summed E-state index contributed by atoms with van der Waals surface area (Å²) in [5.74, 6) is -0.379. The second-order valence-electron chi connectivity index (χ2n) is 8.21. The lowest BCUT2D eigenvalue weighted by Gasteiger charge is -2.32. The summed E-state index contributed by atoms with van der Waals surface area (Å²) in [6.45, 7) is 3.26. The first-order chi connectivity index (χ1) is 17.7. The van der Waals surface area contributed by atoms with Gasteiger partial charge in [-0.2, -0.15) is 0 Å². The van der Waals surface area contributed by atoms with Crippen molar-refractivity contribution in [1.82, 2.24) is 10.2 Å². The highest BCUT2D eigenvalue weighted by Crippen LogP contribution is 2.27. The fourth-order valence-corrected chi connectivity index (χ4v) is 5.34. The van der Waals surface area contributed by atoms with E-state index in [0.717, 1.165) is 4.31 Å². The van der Waals surface area contributed by atoms with Crippen molar-refractivity contribution < 1.29 is 22.7 Å². The summed E-state index contributed by atoms with van der Waals surface area (Å²) in [6.07, 6.45) is 0. The van der Waals surface area contributed by atoms with Crippen LogP contribution in [0.4, 0.5) is 5.69 Å². The zero-order valence-corrected chi connectivity index (χ0v) is 22.5. The third-order valence-electron chi connectivity index (χ3n) is 5.79. The molecule has 196 valence electrons. The summed E-state index contributed by atoms with van der Waals surface area (Å²) in [5, 5.41) is 3.16. The number of carbonyl (C=O) groups excluding carboxylic acids is 2. The molecule has 0 spiro atoms. The number of methoxy groups -OCH3 is 1. The van der Waals surface area contributed by atoms with Gasteiger partial charge in [0.05, 0.1) is 17.7 Å². The molecule has 0 unspecified atom stereocenters. The molecule has 3 aromatic rings. The monoisotopic (exact) mass is 543 g/mol. The highest BCUT2D eigenvalue weighted by atomic mass is 35.5. The van der Waals surface area contributed by atoms with Crippen molar-refractivity contribution >= 4 is 39.1 Å². The first kappa shape index (κ1) is 28.0. The second-order valence-corrected chi connectivity index (χ2v) is 10.5. The van der Waals surface area contributed by atoms with E-state index in [4.69, 9.17) is 16.3 Å². The largest absolute Gasteiger partial charge is 0.497 e. The first-order valence-electron chi connectivity index (χ1n) is 11.7. The van der Waals surface area contributed by atoms with E-state index >= 15 is 0 Å². The molecule has 37 heavy (non-hydrogen) atoms. The molecule has 1 atom stereocenters. The van der Waals surface area contributed by atoms with E-state index in [9.17, 15) is 18.0 Å². The lowest BCUT2D eigenvalue weighted by molar-refractivity contribution is -0.139. The number of rotatable bonds is 11. The van der Waals surface area contributed by atoms with Crippen molar-refractivity contribution in [3.63, 3.8) is 0 Å². The van der Waals surface area contributed by atoms with Crippen LogP contribution < -0.4 is 14.4 Å². The smallest absolute Gasteiger partial charge is 0.264 e. The number of nitrogens with one attached hydrogen (secondary N) is 1.